The van der Waals surface area contributed by atoms with Crippen LogP contribution in [0, 0.1) is 12.7 Å². The highest BCUT2D eigenvalue weighted by Crippen LogP contribution is 2.27. The number of halogens is 3. The Labute approximate surface area is 125 Å². The van der Waals surface area contributed by atoms with E-state index >= 15 is 0 Å². The van der Waals surface area contributed by atoms with E-state index in [1.165, 1.54) is 12.1 Å². The van der Waals surface area contributed by atoms with E-state index in [1.807, 2.05) is 25.1 Å². The minimum Gasteiger partial charge on any atom is -0.324 e. The summed E-state index contributed by atoms with van der Waals surface area (Å²) in [5.74, 6) is -0.235. The number of rotatable bonds is 3. The smallest absolute Gasteiger partial charge is 0.123 e. The van der Waals surface area contributed by atoms with Gasteiger partial charge in [0.2, 0.25) is 0 Å². The summed E-state index contributed by atoms with van der Waals surface area (Å²) >= 11 is 9.40. The van der Waals surface area contributed by atoms with Gasteiger partial charge in [-0.1, -0.05) is 23.7 Å². The molecule has 2 aromatic rings. The summed E-state index contributed by atoms with van der Waals surface area (Å²) in [6.07, 6.45) is 0.585. The van der Waals surface area contributed by atoms with Gasteiger partial charge in [0.1, 0.15) is 5.82 Å². The predicted octanol–water partition coefficient (Wildman–Crippen LogP) is 4.79. The summed E-state index contributed by atoms with van der Waals surface area (Å²) in [5.41, 5.74) is 9.07. The second-order valence-corrected chi connectivity index (χ2v) is 5.82. The van der Waals surface area contributed by atoms with Crippen LogP contribution < -0.4 is 5.73 Å². The zero-order valence-corrected chi connectivity index (χ0v) is 12.8. The van der Waals surface area contributed by atoms with Crippen molar-refractivity contribution < 1.29 is 4.39 Å². The Morgan fingerprint density at radius 1 is 1.26 bits per heavy atom. The molecule has 1 unspecified atom stereocenters. The molecule has 0 fully saturated rings. The number of benzene rings is 2. The van der Waals surface area contributed by atoms with Gasteiger partial charge in [0.15, 0.2) is 0 Å². The fourth-order valence-electron chi connectivity index (χ4n) is 1.96. The summed E-state index contributed by atoms with van der Waals surface area (Å²) in [7, 11) is 0. The highest BCUT2D eigenvalue weighted by atomic mass is 79.9. The maximum absolute atomic E-state index is 13.2. The zero-order chi connectivity index (χ0) is 14.0. The van der Waals surface area contributed by atoms with Crippen LogP contribution in [0.4, 0.5) is 4.39 Å². The molecule has 0 heterocycles. The lowest BCUT2D eigenvalue weighted by atomic mass is 9.97. The van der Waals surface area contributed by atoms with Crippen LogP contribution in [0.3, 0.4) is 0 Å². The number of aryl methyl sites for hydroxylation is 1. The molecule has 0 aliphatic rings. The first kappa shape index (κ1) is 14.5. The van der Waals surface area contributed by atoms with E-state index in [1.54, 1.807) is 6.07 Å². The molecule has 2 rings (SSSR count). The number of hydrogen-bond donors (Lipinski definition) is 1. The Balaban J connectivity index is 2.22. The Morgan fingerprint density at radius 2 is 2.00 bits per heavy atom. The monoisotopic (exact) mass is 341 g/mol. The van der Waals surface area contributed by atoms with E-state index in [2.05, 4.69) is 15.9 Å². The zero-order valence-electron chi connectivity index (χ0n) is 10.5. The van der Waals surface area contributed by atoms with Gasteiger partial charge in [0.25, 0.3) is 0 Å². The van der Waals surface area contributed by atoms with Crippen LogP contribution in [0.2, 0.25) is 5.02 Å². The van der Waals surface area contributed by atoms with Crippen LogP contribution in [0.15, 0.2) is 40.9 Å². The van der Waals surface area contributed by atoms with Gasteiger partial charge in [-0.3, -0.25) is 0 Å². The van der Waals surface area contributed by atoms with E-state index < -0.39 is 0 Å². The normalized spacial score (nSPS) is 12.5. The third-order valence-electron chi connectivity index (χ3n) is 3.12. The third kappa shape index (κ3) is 3.56. The lowest BCUT2D eigenvalue weighted by Crippen LogP contribution is -2.14. The molecule has 0 radical (unpaired) electrons. The third-order valence-corrected chi connectivity index (χ3v) is 4.36. The first-order chi connectivity index (χ1) is 8.97. The summed E-state index contributed by atoms with van der Waals surface area (Å²) < 4.78 is 14.1. The van der Waals surface area contributed by atoms with Crippen molar-refractivity contribution in [2.45, 2.75) is 19.4 Å². The van der Waals surface area contributed by atoms with Crippen molar-refractivity contribution in [3.8, 4) is 0 Å². The topological polar surface area (TPSA) is 26.0 Å². The highest BCUT2D eigenvalue weighted by Gasteiger charge is 2.11. The van der Waals surface area contributed by atoms with E-state index in [-0.39, 0.29) is 11.9 Å². The van der Waals surface area contributed by atoms with E-state index in [9.17, 15) is 4.39 Å². The average molecular weight is 343 g/mol. The Kier molecular flexibility index (Phi) is 4.61. The van der Waals surface area contributed by atoms with Crippen molar-refractivity contribution in [2.24, 2.45) is 5.73 Å². The average Bonchev–Trinajstić information content (AvgIpc) is 2.37. The molecule has 0 aromatic heterocycles. The molecule has 0 bridgehead atoms. The maximum Gasteiger partial charge on any atom is 0.123 e. The molecule has 100 valence electrons. The summed E-state index contributed by atoms with van der Waals surface area (Å²) in [6, 6.07) is 10.2. The van der Waals surface area contributed by atoms with Gasteiger partial charge in [-0.15, -0.1) is 0 Å². The minimum absolute atomic E-state index is 0.203. The summed E-state index contributed by atoms with van der Waals surface area (Å²) in [4.78, 5) is 0. The van der Waals surface area contributed by atoms with Crippen LogP contribution in [-0.4, -0.2) is 0 Å². The molecular formula is C15H14BrClFN. The molecule has 0 saturated heterocycles. The van der Waals surface area contributed by atoms with Crippen molar-refractivity contribution in [3.63, 3.8) is 0 Å². The summed E-state index contributed by atoms with van der Waals surface area (Å²) in [6.45, 7) is 1.95. The predicted molar refractivity (Wildman–Crippen MR) is 80.9 cm³/mol. The molecule has 0 amide bonds. The van der Waals surface area contributed by atoms with Gasteiger partial charge >= 0.3 is 0 Å². The molecule has 1 nitrogen and oxygen atoms in total. The number of hydrogen-bond acceptors (Lipinski definition) is 1. The van der Waals surface area contributed by atoms with Crippen molar-refractivity contribution >= 4 is 27.5 Å². The largest absolute Gasteiger partial charge is 0.324 e. The van der Waals surface area contributed by atoms with Gasteiger partial charge in [-0.05, 0) is 70.2 Å². The lowest BCUT2D eigenvalue weighted by Gasteiger charge is -2.14. The highest BCUT2D eigenvalue weighted by molar-refractivity contribution is 9.10. The molecule has 19 heavy (non-hydrogen) atoms. The first-order valence-electron chi connectivity index (χ1n) is 5.93. The lowest BCUT2D eigenvalue weighted by molar-refractivity contribution is 0.621. The molecule has 0 aliphatic carbocycles. The van der Waals surface area contributed by atoms with Crippen LogP contribution in [0.5, 0.6) is 0 Å². The number of nitrogens with two attached hydrogens (primary N) is 1. The maximum atomic E-state index is 13.2. The Morgan fingerprint density at radius 3 is 2.68 bits per heavy atom. The van der Waals surface area contributed by atoms with Gasteiger partial charge in [-0.25, -0.2) is 4.39 Å². The molecule has 4 heteroatoms. The Bertz CT molecular complexity index is 601. The van der Waals surface area contributed by atoms with E-state index in [0.29, 0.717) is 11.4 Å². The molecule has 0 aliphatic heterocycles. The van der Waals surface area contributed by atoms with Crippen molar-refractivity contribution in [2.75, 3.05) is 0 Å². The SMILES string of the molecule is Cc1ccc(F)cc1CC(N)c1ccc(Br)c(Cl)c1. The van der Waals surface area contributed by atoms with Crippen LogP contribution >= 0.6 is 27.5 Å². The van der Waals surface area contributed by atoms with Crippen LogP contribution in [-0.2, 0) is 6.42 Å². The molecule has 1 atom stereocenters. The van der Waals surface area contributed by atoms with Crippen LogP contribution in [0.1, 0.15) is 22.7 Å². The van der Waals surface area contributed by atoms with Crippen molar-refractivity contribution in [1.29, 1.82) is 0 Å². The quantitative estimate of drug-likeness (QED) is 0.852. The van der Waals surface area contributed by atoms with E-state index in [0.717, 1.165) is 21.2 Å². The standard InChI is InChI=1S/C15H14BrClFN/c1-9-2-4-12(18)6-11(9)8-15(19)10-3-5-13(16)14(17)7-10/h2-7,15H,8,19H2,1H3. The Hall–Kier alpha value is -0.900. The van der Waals surface area contributed by atoms with Crippen molar-refractivity contribution in [3.05, 3.63) is 68.4 Å². The van der Waals surface area contributed by atoms with Gasteiger partial charge in [0, 0.05) is 10.5 Å². The fourth-order valence-corrected chi connectivity index (χ4v) is 2.39. The second kappa shape index (κ2) is 6.04. The van der Waals surface area contributed by atoms with Gasteiger partial charge in [0.05, 0.1) is 5.02 Å². The van der Waals surface area contributed by atoms with Gasteiger partial charge in [-0.2, -0.15) is 0 Å². The minimum atomic E-state index is -0.235. The molecule has 2 aromatic carbocycles. The summed E-state index contributed by atoms with van der Waals surface area (Å²) in [5, 5.41) is 0.629. The fraction of sp³-hybridized carbons (Fsp3) is 0.200. The molecule has 2 N–H and O–H groups in total. The van der Waals surface area contributed by atoms with Gasteiger partial charge < -0.3 is 5.73 Å². The second-order valence-electron chi connectivity index (χ2n) is 4.55. The molecule has 0 saturated carbocycles. The molecular weight excluding hydrogens is 329 g/mol. The van der Waals surface area contributed by atoms with Crippen molar-refractivity contribution in [1.82, 2.24) is 0 Å². The molecule has 0 spiro atoms. The van der Waals surface area contributed by atoms with E-state index in [4.69, 9.17) is 17.3 Å². The first-order valence-corrected chi connectivity index (χ1v) is 7.10. The van der Waals surface area contributed by atoms with Crippen LogP contribution in [0.25, 0.3) is 0 Å².